The summed E-state index contributed by atoms with van der Waals surface area (Å²) in [5.41, 5.74) is 2.53. The van der Waals surface area contributed by atoms with E-state index in [1.165, 1.54) is 21.9 Å². The molecule has 1 aliphatic carbocycles. The summed E-state index contributed by atoms with van der Waals surface area (Å²) in [6.07, 6.45) is 0. The van der Waals surface area contributed by atoms with Crippen LogP contribution in [-0.2, 0) is 0 Å². The van der Waals surface area contributed by atoms with Gasteiger partial charge in [-0.3, -0.25) is 0 Å². The Labute approximate surface area is 89.0 Å². The van der Waals surface area contributed by atoms with Crippen LogP contribution in [0.4, 0.5) is 0 Å². The minimum absolute atomic E-state index is 0.0334. The van der Waals surface area contributed by atoms with Crippen LogP contribution in [0.15, 0.2) is 36.4 Å². The first-order valence-corrected chi connectivity index (χ1v) is 5.24. The van der Waals surface area contributed by atoms with E-state index in [2.05, 4.69) is 43.3 Å². The molecule has 0 fully saturated rings. The molecule has 1 aliphatic rings. The van der Waals surface area contributed by atoms with Gasteiger partial charge in [0.25, 0.3) is 0 Å². The molecule has 15 heavy (non-hydrogen) atoms. The van der Waals surface area contributed by atoms with Crippen LogP contribution in [0.25, 0.3) is 10.8 Å². The fourth-order valence-electron chi connectivity index (χ4n) is 2.67. The number of rotatable bonds is 0. The zero-order valence-electron chi connectivity index (χ0n) is 8.57. The lowest BCUT2D eigenvalue weighted by molar-refractivity contribution is 0.721. The quantitative estimate of drug-likeness (QED) is 0.627. The molecule has 2 unspecified atom stereocenters. The average molecular weight is 193 g/mol. The van der Waals surface area contributed by atoms with E-state index in [4.69, 9.17) is 0 Å². The van der Waals surface area contributed by atoms with Crippen LogP contribution in [0.1, 0.15) is 29.9 Å². The molecule has 0 aliphatic heterocycles. The van der Waals surface area contributed by atoms with E-state index in [9.17, 15) is 5.26 Å². The van der Waals surface area contributed by atoms with E-state index in [-0.39, 0.29) is 5.92 Å². The molecule has 1 heteroatoms. The van der Waals surface area contributed by atoms with Gasteiger partial charge in [0.2, 0.25) is 0 Å². The predicted molar refractivity (Wildman–Crippen MR) is 60.7 cm³/mol. The van der Waals surface area contributed by atoms with Crippen molar-refractivity contribution in [3.8, 4) is 6.07 Å². The van der Waals surface area contributed by atoms with Crippen LogP contribution in [0.3, 0.4) is 0 Å². The second-order valence-electron chi connectivity index (χ2n) is 4.19. The molecule has 72 valence electrons. The zero-order valence-corrected chi connectivity index (χ0v) is 8.57. The molecule has 0 bridgehead atoms. The fraction of sp³-hybridized carbons (Fsp3) is 0.214. The van der Waals surface area contributed by atoms with E-state index in [0.717, 1.165) is 0 Å². The highest BCUT2D eigenvalue weighted by Crippen LogP contribution is 2.45. The van der Waals surface area contributed by atoms with E-state index < -0.39 is 0 Å². The molecular weight excluding hydrogens is 182 g/mol. The fourth-order valence-corrected chi connectivity index (χ4v) is 2.67. The zero-order chi connectivity index (χ0) is 10.4. The van der Waals surface area contributed by atoms with Gasteiger partial charge in [-0.15, -0.1) is 0 Å². The van der Waals surface area contributed by atoms with Crippen LogP contribution in [0.2, 0.25) is 0 Å². The molecule has 0 N–H and O–H groups in total. The van der Waals surface area contributed by atoms with Crippen LogP contribution < -0.4 is 0 Å². The molecular formula is C14H11N. The van der Waals surface area contributed by atoms with Crippen molar-refractivity contribution in [1.29, 1.82) is 5.26 Å². The molecule has 2 atom stereocenters. The van der Waals surface area contributed by atoms with E-state index in [1.54, 1.807) is 0 Å². The SMILES string of the molecule is CC1c2cccc3cccc(c23)C1C#N. The average Bonchev–Trinajstić information content (AvgIpc) is 2.55. The van der Waals surface area contributed by atoms with Gasteiger partial charge in [-0.1, -0.05) is 43.3 Å². The lowest BCUT2D eigenvalue weighted by atomic mass is 9.93. The van der Waals surface area contributed by atoms with Gasteiger partial charge in [-0.2, -0.15) is 5.26 Å². The molecule has 0 spiro atoms. The first-order valence-electron chi connectivity index (χ1n) is 5.24. The third-order valence-corrected chi connectivity index (χ3v) is 3.43. The lowest BCUT2D eigenvalue weighted by Gasteiger charge is -2.07. The summed E-state index contributed by atoms with van der Waals surface area (Å²) in [5, 5.41) is 11.8. The molecule has 0 amide bonds. The van der Waals surface area contributed by atoms with E-state index in [0.29, 0.717) is 5.92 Å². The standard InChI is InChI=1S/C14H11N/c1-9-11-6-2-4-10-5-3-7-12(14(10)11)13(9)8-15/h2-7,9,13H,1H3. The summed E-state index contributed by atoms with van der Waals surface area (Å²) in [5.74, 6) is 0.363. The molecule has 3 rings (SSSR count). The van der Waals surface area contributed by atoms with Crippen molar-refractivity contribution >= 4 is 10.8 Å². The number of nitrogens with zero attached hydrogens (tertiary/aromatic N) is 1. The Kier molecular flexibility index (Phi) is 1.61. The van der Waals surface area contributed by atoms with Crippen LogP contribution in [-0.4, -0.2) is 0 Å². The minimum atomic E-state index is 0.0334. The van der Waals surface area contributed by atoms with Crippen molar-refractivity contribution in [1.82, 2.24) is 0 Å². The number of benzene rings is 2. The Morgan fingerprint density at radius 2 is 1.73 bits per heavy atom. The van der Waals surface area contributed by atoms with Crippen molar-refractivity contribution in [3.63, 3.8) is 0 Å². The number of hydrogen-bond acceptors (Lipinski definition) is 1. The molecule has 0 aromatic heterocycles. The second-order valence-corrected chi connectivity index (χ2v) is 4.19. The molecule has 0 saturated carbocycles. The molecule has 0 saturated heterocycles. The van der Waals surface area contributed by atoms with Gasteiger partial charge in [-0.05, 0) is 21.9 Å². The maximum absolute atomic E-state index is 9.21. The lowest BCUT2D eigenvalue weighted by Crippen LogP contribution is -1.97. The molecule has 1 nitrogen and oxygen atoms in total. The van der Waals surface area contributed by atoms with Crippen LogP contribution in [0, 0.1) is 11.3 Å². The van der Waals surface area contributed by atoms with Crippen molar-refractivity contribution in [2.45, 2.75) is 18.8 Å². The van der Waals surface area contributed by atoms with E-state index >= 15 is 0 Å². The molecule has 2 aromatic rings. The Morgan fingerprint density at radius 1 is 1.07 bits per heavy atom. The molecule has 0 heterocycles. The van der Waals surface area contributed by atoms with Gasteiger partial charge >= 0.3 is 0 Å². The largest absolute Gasteiger partial charge is 0.198 e. The summed E-state index contributed by atoms with van der Waals surface area (Å²) >= 11 is 0. The first kappa shape index (κ1) is 8.49. The summed E-state index contributed by atoms with van der Waals surface area (Å²) in [6.45, 7) is 2.14. The van der Waals surface area contributed by atoms with Gasteiger partial charge in [0.15, 0.2) is 0 Å². The topological polar surface area (TPSA) is 23.8 Å². The smallest absolute Gasteiger partial charge is 0.0784 e. The van der Waals surface area contributed by atoms with Crippen molar-refractivity contribution in [3.05, 3.63) is 47.5 Å². The second kappa shape index (κ2) is 2.84. The monoisotopic (exact) mass is 193 g/mol. The maximum atomic E-state index is 9.21. The Hall–Kier alpha value is -1.81. The van der Waals surface area contributed by atoms with Crippen molar-refractivity contribution in [2.24, 2.45) is 0 Å². The first-order chi connectivity index (χ1) is 7.33. The Morgan fingerprint density at radius 3 is 2.40 bits per heavy atom. The number of hydrogen-bond donors (Lipinski definition) is 0. The highest BCUT2D eigenvalue weighted by atomic mass is 14.4. The maximum Gasteiger partial charge on any atom is 0.0784 e. The summed E-state index contributed by atoms with van der Waals surface area (Å²) < 4.78 is 0. The highest BCUT2D eigenvalue weighted by Gasteiger charge is 2.30. The summed E-state index contributed by atoms with van der Waals surface area (Å²) in [7, 11) is 0. The highest BCUT2D eigenvalue weighted by molar-refractivity contribution is 5.92. The van der Waals surface area contributed by atoms with Crippen LogP contribution in [0.5, 0.6) is 0 Å². The summed E-state index contributed by atoms with van der Waals surface area (Å²) in [4.78, 5) is 0. The van der Waals surface area contributed by atoms with Gasteiger partial charge in [0, 0.05) is 5.92 Å². The third-order valence-electron chi connectivity index (χ3n) is 3.43. The minimum Gasteiger partial charge on any atom is -0.198 e. The third kappa shape index (κ3) is 0.966. The number of nitriles is 1. The van der Waals surface area contributed by atoms with Crippen molar-refractivity contribution < 1.29 is 0 Å². The van der Waals surface area contributed by atoms with Gasteiger partial charge in [-0.25, -0.2) is 0 Å². The van der Waals surface area contributed by atoms with Crippen LogP contribution >= 0.6 is 0 Å². The molecule has 2 aromatic carbocycles. The van der Waals surface area contributed by atoms with Gasteiger partial charge in [0.1, 0.15) is 0 Å². The summed E-state index contributed by atoms with van der Waals surface area (Å²) in [6, 6.07) is 15.0. The van der Waals surface area contributed by atoms with Gasteiger partial charge < -0.3 is 0 Å². The van der Waals surface area contributed by atoms with E-state index in [1.807, 2.05) is 6.07 Å². The molecule has 0 radical (unpaired) electrons. The normalized spacial score (nSPS) is 22.9. The predicted octanol–water partition coefficient (Wildman–Crippen LogP) is 3.56. The Balaban J connectivity index is 2.46. The Bertz CT molecular complexity index is 572. The van der Waals surface area contributed by atoms with Gasteiger partial charge in [0.05, 0.1) is 12.0 Å². The van der Waals surface area contributed by atoms with Crippen molar-refractivity contribution in [2.75, 3.05) is 0 Å².